The predicted octanol–water partition coefficient (Wildman–Crippen LogP) is 3.64. The average molecular weight is 239 g/mol. The van der Waals surface area contributed by atoms with Gasteiger partial charge in [0.15, 0.2) is 0 Å². The molecule has 3 aromatic rings. The summed E-state index contributed by atoms with van der Waals surface area (Å²) in [6.45, 7) is 1.79. The molecule has 0 aliphatic rings. The summed E-state index contributed by atoms with van der Waals surface area (Å²) in [5.41, 5.74) is 2.03. The third-order valence-electron chi connectivity index (χ3n) is 3.00. The number of hydrogen-bond acceptors (Lipinski definition) is 2. The minimum atomic E-state index is -0.215. The summed E-state index contributed by atoms with van der Waals surface area (Å²) in [5, 5.41) is 2.04. The summed E-state index contributed by atoms with van der Waals surface area (Å²) >= 11 is 0. The molecule has 0 saturated heterocycles. The van der Waals surface area contributed by atoms with Crippen molar-refractivity contribution in [3.63, 3.8) is 0 Å². The third-order valence-corrected chi connectivity index (χ3v) is 3.00. The van der Waals surface area contributed by atoms with E-state index in [1.165, 1.54) is 0 Å². The highest BCUT2D eigenvalue weighted by molar-refractivity contribution is 6.10. The van der Waals surface area contributed by atoms with E-state index in [1.54, 1.807) is 6.92 Å². The van der Waals surface area contributed by atoms with Gasteiger partial charge in [0, 0.05) is 17.3 Å². The number of aromatic amines is 1. The molecule has 0 radical (unpaired) electrons. The van der Waals surface area contributed by atoms with Crippen LogP contribution in [0.5, 0.6) is 5.75 Å². The van der Waals surface area contributed by atoms with Crippen molar-refractivity contribution < 1.29 is 9.53 Å². The number of rotatable bonds is 2. The van der Waals surface area contributed by atoms with Crippen molar-refractivity contribution in [1.82, 2.24) is 4.98 Å². The van der Waals surface area contributed by atoms with Gasteiger partial charge in [-0.25, -0.2) is 0 Å². The molecular formula is C15H13NO2. The van der Waals surface area contributed by atoms with Gasteiger partial charge in [-0.1, -0.05) is 31.2 Å². The van der Waals surface area contributed by atoms with Gasteiger partial charge in [0.25, 0.3) is 0 Å². The van der Waals surface area contributed by atoms with Crippen LogP contribution in [0.25, 0.3) is 21.8 Å². The summed E-state index contributed by atoms with van der Waals surface area (Å²) in [6, 6.07) is 13.7. The second-order valence-corrected chi connectivity index (χ2v) is 4.18. The maximum atomic E-state index is 11.5. The van der Waals surface area contributed by atoms with Crippen LogP contribution in [0.2, 0.25) is 0 Å². The molecule has 3 rings (SSSR count). The number of hydrogen-bond donors (Lipinski definition) is 1. The Morgan fingerprint density at radius 2 is 1.89 bits per heavy atom. The Balaban J connectivity index is 2.28. The van der Waals surface area contributed by atoms with Crippen LogP contribution in [-0.4, -0.2) is 11.0 Å². The summed E-state index contributed by atoms with van der Waals surface area (Å²) in [6.07, 6.45) is 0.374. The average Bonchev–Trinajstić information content (AvgIpc) is 2.78. The molecule has 90 valence electrons. The van der Waals surface area contributed by atoms with Crippen LogP contribution in [0.15, 0.2) is 42.5 Å². The molecule has 0 bridgehead atoms. The molecule has 0 spiro atoms. The van der Waals surface area contributed by atoms with Crippen molar-refractivity contribution in [2.75, 3.05) is 0 Å². The first kappa shape index (κ1) is 10.8. The van der Waals surface area contributed by atoms with Crippen molar-refractivity contribution in [2.24, 2.45) is 0 Å². The molecule has 1 heterocycles. The minimum Gasteiger partial charge on any atom is -0.426 e. The van der Waals surface area contributed by atoms with E-state index in [1.807, 2.05) is 42.5 Å². The number of para-hydroxylation sites is 1. The number of nitrogens with one attached hydrogen (secondary N) is 1. The molecule has 0 unspecified atom stereocenters. The van der Waals surface area contributed by atoms with Crippen molar-refractivity contribution in [1.29, 1.82) is 0 Å². The Morgan fingerprint density at radius 1 is 1.11 bits per heavy atom. The lowest BCUT2D eigenvalue weighted by molar-refractivity contribution is -0.133. The van der Waals surface area contributed by atoms with Crippen LogP contribution in [0, 0.1) is 0 Å². The molecule has 3 heteroatoms. The SMILES string of the molecule is CCC(=O)Oc1cccc2[nH]c3ccccc3c12. The van der Waals surface area contributed by atoms with E-state index in [0.29, 0.717) is 12.2 Å². The lowest BCUT2D eigenvalue weighted by Crippen LogP contribution is -2.05. The lowest BCUT2D eigenvalue weighted by atomic mass is 10.1. The predicted molar refractivity (Wildman–Crippen MR) is 71.7 cm³/mol. The van der Waals surface area contributed by atoms with Crippen molar-refractivity contribution in [3.8, 4) is 5.75 Å². The minimum absolute atomic E-state index is 0.215. The highest BCUT2D eigenvalue weighted by atomic mass is 16.5. The maximum absolute atomic E-state index is 11.5. The normalized spacial score (nSPS) is 10.9. The van der Waals surface area contributed by atoms with E-state index < -0.39 is 0 Å². The number of esters is 1. The largest absolute Gasteiger partial charge is 0.426 e. The number of benzene rings is 2. The van der Waals surface area contributed by atoms with Crippen molar-refractivity contribution in [3.05, 3.63) is 42.5 Å². The fourth-order valence-electron chi connectivity index (χ4n) is 2.15. The van der Waals surface area contributed by atoms with Gasteiger partial charge in [0.1, 0.15) is 5.75 Å². The first-order valence-corrected chi connectivity index (χ1v) is 5.99. The molecule has 3 nitrogen and oxygen atoms in total. The van der Waals surface area contributed by atoms with Gasteiger partial charge in [-0.2, -0.15) is 0 Å². The highest BCUT2D eigenvalue weighted by Crippen LogP contribution is 2.32. The van der Waals surface area contributed by atoms with Crippen molar-refractivity contribution >= 4 is 27.8 Å². The fourth-order valence-corrected chi connectivity index (χ4v) is 2.15. The smallest absolute Gasteiger partial charge is 0.310 e. The summed E-state index contributed by atoms with van der Waals surface area (Å²) in [4.78, 5) is 14.8. The van der Waals surface area contributed by atoms with E-state index in [2.05, 4.69) is 4.98 Å². The van der Waals surface area contributed by atoms with Gasteiger partial charge in [0.2, 0.25) is 0 Å². The van der Waals surface area contributed by atoms with Gasteiger partial charge in [-0.15, -0.1) is 0 Å². The Hall–Kier alpha value is -2.29. The molecule has 0 saturated carbocycles. The molecule has 0 fully saturated rings. The van der Waals surface area contributed by atoms with E-state index in [-0.39, 0.29) is 5.97 Å². The standard InChI is InChI=1S/C15H13NO2/c1-2-14(17)18-13-9-5-8-12-15(13)10-6-3-4-7-11(10)16-12/h3-9,16H,2H2,1H3. The topological polar surface area (TPSA) is 42.1 Å². The number of H-pyrrole nitrogens is 1. The zero-order valence-electron chi connectivity index (χ0n) is 10.1. The Labute approximate surface area is 104 Å². The molecule has 0 amide bonds. The number of fused-ring (bicyclic) bond motifs is 3. The Bertz CT molecular complexity index is 728. The van der Waals surface area contributed by atoms with Gasteiger partial charge < -0.3 is 9.72 Å². The number of ether oxygens (including phenoxy) is 1. The third kappa shape index (κ3) is 1.64. The first-order chi connectivity index (χ1) is 8.79. The molecule has 18 heavy (non-hydrogen) atoms. The summed E-state index contributed by atoms with van der Waals surface area (Å²) in [5.74, 6) is 0.407. The van der Waals surface area contributed by atoms with Gasteiger partial charge in [-0.3, -0.25) is 4.79 Å². The van der Waals surface area contributed by atoms with Crippen LogP contribution in [0.3, 0.4) is 0 Å². The van der Waals surface area contributed by atoms with E-state index in [9.17, 15) is 4.79 Å². The Morgan fingerprint density at radius 3 is 2.72 bits per heavy atom. The van der Waals surface area contributed by atoms with Crippen LogP contribution >= 0.6 is 0 Å². The highest BCUT2D eigenvalue weighted by Gasteiger charge is 2.11. The van der Waals surface area contributed by atoms with Gasteiger partial charge in [-0.05, 0) is 18.2 Å². The summed E-state index contributed by atoms with van der Waals surface area (Å²) < 4.78 is 5.38. The zero-order valence-corrected chi connectivity index (χ0v) is 10.1. The molecule has 0 aliphatic carbocycles. The van der Waals surface area contributed by atoms with E-state index >= 15 is 0 Å². The maximum Gasteiger partial charge on any atom is 0.310 e. The Kier molecular flexibility index (Phi) is 2.52. The van der Waals surface area contributed by atoms with Crippen LogP contribution in [-0.2, 0) is 4.79 Å². The molecule has 1 aromatic heterocycles. The molecule has 0 aliphatic heterocycles. The van der Waals surface area contributed by atoms with Crippen LogP contribution < -0.4 is 4.74 Å². The molecule has 1 N–H and O–H groups in total. The van der Waals surface area contributed by atoms with E-state index in [4.69, 9.17) is 4.74 Å². The first-order valence-electron chi connectivity index (χ1n) is 5.99. The monoisotopic (exact) mass is 239 g/mol. The summed E-state index contributed by atoms with van der Waals surface area (Å²) in [7, 11) is 0. The van der Waals surface area contributed by atoms with E-state index in [0.717, 1.165) is 21.8 Å². The quantitative estimate of drug-likeness (QED) is 0.548. The van der Waals surface area contributed by atoms with Crippen LogP contribution in [0.4, 0.5) is 0 Å². The van der Waals surface area contributed by atoms with Crippen molar-refractivity contribution in [2.45, 2.75) is 13.3 Å². The number of carbonyl (C=O) groups is 1. The van der Waals surface area contributed by atoms with Gasteiger partial charge in [0.05, 0.1) is 10.9 Å². The molecule has 2 aromatic carbocycles. The second-order valence-electron chi connectivity index (χ2n) is 4.18. The zero-order chi connectivity index (χ0) is 12.5. The van der Waals surface area contributed by atoms with Crippen LogP contribution in [0.1, 0.15) is 13.3 Å². The molecular weight excluding hydrogens is 226 g/mol. The van der Waals surface area contributed by atoms with Gasteiger partial charge >= 0.3 is 5.97 Å². The fraction of sp³-hybridized carbons (Fsp3) is 0.133. The lowest BCUT2D eigenvalue weighted by Gasteiger charge is -2.04. The number of aromatic nitrogens is 1. The second kappa shape index (κ2) is 4.18. The molecule has 0 atom stereocenters. The number of carbonyl (C=O) groups excluding carboxylic acids is 1.